The fourth-order valence-corrected chi connectivity index (χ4v) is 4.92. The van der Waals surface area contributed by atoms with Crippen LogP contribution in [0.5, 0.6) is 34.5 Å². The van der Waals surface area contributed by atoms with Gasteiger partial charge in [0.25, 0.3) is 0 Å². The molecule has 0 radical (unpaired) electrons. The highest BCUT2D eigenvalue weighted by Gasteiger charge is 2.54. The Balaban J connectivity index is 1.64. The van der Waals surface area contributed by atoms with Crippen molar-refractivity contribution in [2.75, 3.05) is 7.11 Å². The van der Waals surface area contributed by atoms with Crippen LogP contribution in [0, 0.1) is 0 Å². The van der Waals surface area contributed by atoms with Gasteiger partial charge in [0, 0.05) is 31.1 Å². The van der Waals surface area contributed by atoms with E-state index in [2.05, 4.69) is 0 Å². The third-order valence-electron chi connectivity index (χ3n) is 7.40. The first-order valence-corrected chi connectivity index (χ1v) is 14.7. The molecule has 0 bridgehead atoms. The van der Waals surface area contributed by atoms with Gasteiger partial charge < -0.3 is 54.7 Å². The molecule has 2 atom stereocenters. The first-order valence-electron chi connectivity index (χ1n) is 14.7. The Morgan fingerprint density at radius 2 is 0.920 bits per heavy atom. The van der Waals surface area contributed by atoms with Gasteiger partial charge in [-0.15, -0.1) is 0 Å². The number of benzene rings is 3. The van der Waals surface area contributed by atoms with Crippen LogP contribution in [-0.4, -0.2) is 90.6 Å². The minimum atomic E-state index is -2.40. The molecule has 0 aromatic heterocycles. The van der Waals surface area contributed by atoms with E-state index < -0.39 is 95.1 Å². The molecule has 0 unspecified atom stereocenters. The lowest BCUT2D eigenvalue weighted by Gasteiger charge is -2.42. The zero-order chi connectivity index (χ0) is 36.6. The first-order chi connectivity index (χ1) is 23.7. The molecule has 7 N–H and O–H groups in total. The minimum Gasteiger partial charge on any atom is -0.504 e. The van der Waals surface area contributed by atoms with Gasteiger partial charge in [0.1, 0.15) is 12.2 Å². The standard InChI is InChI=1S/C35H32O15/c1-47-34(45)35(46)17-28(48-30(42)11-5-19-2-8-22(36)25(39)14-19)33(50-32(44)13-7-21-4-10-24(38)27(41)16-21)29(18-35)49-31(43)12-6-20-3-9-23(37)26(40)15-20/h2-16,28-29,33,36-41,46H,17-18H2,1H3/b11-5+,12-6+,13-7+/t28-,29-,33?,35?/m1/s1. The van der Waals surface area contributed by atoms with Crippen molar-refractivity contribution >= 4 is 42.1 Å². The number of phenolic OH excluding ortho intramolecular Hbond substituents is 6. The summed E-state index contributed by atoms with van der Waals surface area (Å²) in [6.45, 7) is 0. The summed E-state index contributed by atoms with van der Waals surface area (Å²) < 4.78 is 21.3. The second-order valence-corrected chi connectivity index (χ2v) is 11.0. The van der Waals surface area contributed by atoms with E-state index in [4.69, 9.17) is 18.9 Å². The number of aliphatic hydroxyl groups is 1. The summed E-state index contributed by atoms with van der Waals surface area (Å²) >= 11 is 0. The highest BCUT2D eigenvalue weighted by molar-refractivity contribution is 5.89. The zero-order valence-corrected chi connectivity index (χ0v) is 26.2. The van der Waals surface area contributed by atoms with Crippen LogP contribution in [0.2, 0.25) is 0 Å². The number of esters is 4. The minimum absolute atomic E-state index is 0.279. The number of methoxy groups -OCH3 is 1. The fourth-order valence-electron chi connectivity index (χ4n) is 4.92. The number of carbonyl (C=O) groups excluding carboxylic acids is 4. The van der Waals surface area contributed by atoms with Gasteiger partial charge in [0.05, 0.1) is 7.11 Å². The van der Waals surface area contributed by atoms with Crippen LogP contribution in [0.25, 0.3) is 18.2 Å². The normalized spacial score (nSPS) is 20.5. The molecule has 262 valence electrons. The molecular formula is C35H32O15. The molecule has 15 nitrogen and oxygen atoms in total. The lowest BCUT2D eigenvalue weighted by atomic mass is 9.79. The van der Waals surface area contributed by atoms with Crippen LogP contribution in [-0.2, 0) is 38.1 Å². The van der Waals surface area contributed by atoms with E-state index >= 15 is 0 Å². The summed E-state index contributed by atoms with van der Waals surface area (Å²) in [4.78, 5) is 51.6. The third-order valence-corrected chi connectivity index (χ3v) is 7.40. The van der Waals surface area contributed by atoms with Crippen LogP contribution in [0.3, 0.4) is 0 Å². The molecule has 1 aliphatic rings. The number of phenols is 6. The van der Waals surface area contributed by atoms with E-state index in [1.54, 1.807) is 0 Å². The van der Waals surface area contributed by atoms with Crippen LogP contribution < -0.4 is 0 Å². The largest absolute Gasteiger partial charge is 0.504 e. The molecule has 0 heterocycles. The zero-order valence-electron chi connectivity index (χ0n) is 26.2. The Kier molecular flexibility index (Phi) is 11.4. The summed E-state index contributed by atoms with van der Waals surface area (Å²) in [7, 11) is 0.992. The summed E-state index contributed by atoms with van der Waals surface area (Å²) in [6, 6.07) is 11.1. The number of rotatable bonds is 10. The summed E-state index contributed by atoms with van der Waals surface area (Å²) in [5.41, 5.74) is -1.56. The Hall–Kier alpha value is -6.48. The molecule has 1 saturated carbocycles. The average Bonchev–Trinajstić information content (AvgIpc) is 3.07. The van der Waals surface area contributed by atoms with Crippen molar-refractivity contribution in [3.63, 3.8) is 0 Å². The van der Waals surface area contributed by atoms with Crippen molar-refractivity contribution in [2.24, 2.45) is 0 Å². The highest BCUT2D eigenvalue weighted by atomic mass is 16.6. The van der Waals surface area contributed by atoms with Gasteiger partial charge >= 0.3 is 23.9 Å². The van der Waals surface area contributed by atoms with E-state index in [0.717, 1.165) is 43.5 Å². The molecule has 0 spiro atoms. The van der Waals surface area contributed by atoms with Crippen molar-refractivity contribution in [2.45, 2.75) is 36.8 Å². The molecule has 0 aliphatic heterocycles. The summed E-state index contributed by atoms with van der Waals surface area (Å²) in [5, 5.41) is 69.1. The van der Waals surface area contributed by atoms with Crippen LogP contribution >= 0.6 is 0 Å². The Labute approximate surface area is 283 Å². The topological polar surface area (TPSA) is 247 Å². The SMILES string of the molecule is COC(=O)C1(O)C[C@@H](OC(=O)/C=C/c2ccc(O)c(O)c2)C(OC(=O)/C=C/c2ccc(O)c(O)c2)[C@H](OC(=O)/C=C/c2ccc(O)c(O)c2)C1. The van der Waals surface area contributed by atoms with E-state index in [0.29, 0.717) is 0 Å². The quantitative estimate of drug-likeness (QED) is 0.0699. The van der Waals surface area contributed by atoms with Crippen LogP contribution in [0.4, 0.5) is 0 Å². The Bertz CT molecular complexity index is 1770. The van der Waals surface area contributed by atoms with Crippen LogP contribution in [0.15, 0.2) is 72.8 Å². The predicted octanol–water partition coefficient (Wildman–Crippen LogP) is 2.79. The Morgan fingerprint density at radius 1 is 0.580 bits per heavy atom. The van der Waals surface area contributed by atoms with Gasteiger partial charge in [-0.25, -0.2) is 19.2 Å². The van der Waals surface area contributed by atoms with E-state index in [1.807, 2.05) is 0 Å². The van der Waals surface area contributed by atoms with Crippen LogP contribution in [0.1, 0.15) is 29.5 Å². The molecule has 3 aromatic carbocycles. The molecule has 0 saturated heterocycles. The highest BCUT2D eigenvalue weighted by Crippen LogP contribution is 2.36. The second kappa shape index (κ2) is 15.6. The van der Waals surface area contributed by atoms with Gasteiger partial charge in [-0.2, -0.15) is 0 Å². The smallest absolute Gasteiger partial charge is 0.338 e. The molecule has 3 aromatic rings. The van der Waals surface area contributed by atoms with Crippen molar-refractivity contribution in [1.29, 1.82) is 0 Å². The molecule has 4 rings (SSSR count). The molecule has 15 heteroatoms. The van der Waals surface area contributed by atoms with Gasteiger partial charge in [-0.1, -0.05) is 18.2 Å². The lowest BCUT2D eigenvalue weighted by molar-refractivity contribution is -0.212. The maximum atomic E-state index is 13.0. The Morgan fingerprint density at radius 3 is 1.24 bits per heavy atom. The van der Waals surface area contributed by atoms with Crippen molar-refractivity contribution in [3.8, 4) is 34.5 Å². The summed E-state index contributed by atoms with van der Waals surface area (Å²) in [5.74, 6) is -6.92. The van der Waals surface area contributed by atoms with Crippen molar-refractivity contribution in [1.82, 2.24) is 0 Å². The molecule has 1 fully saturated rings. The van der Waals surface area contributed by atoms with Gasteiger partial charge in [0.2, 0.25) is 0 Å². The molecule has 1 aliphatic carbocycles. The van der Waals surface area contributed by atoms with E-state index in [9.17, 15) is 54.9 Å². The maximum absolute atomic E-state index is 13.0. The van der Waals surface area contributed by atoms with Crippen molar-refractivity contribution in [3.05, 3.63) is 89.5 Å². The fraction of sp³-hybridized carbons (Fsp3) is 0.200. The first kappa shape index (κ1) is 36.4. The number of hydrogen-bond acceptors (Lipinski definition) is 15. The third kappa shape index (κ3) is 9.32. The molecule has 0 amide bonds. The van der Waals surface area contributed by atoms with Gasteiger partial charge in [-0.3, -0.25) is 0 Å². The predicted molar refractivity (Wildman–Crippen MR) is 172 cm³/mol. The van der Waals surface area contributed by atoms with Gasteiger partial charge in [0.15, 0.2) is 46.2 Å². The number of hydrogen-bond donors (Lipinski definition) is 7. The lowest BCUT2D eigenvalue weighted by Crippen LogP contribution is -2.59. The number of aromatic hydroxyl groups is 6. The second-order valence-electron chi connectivity index (χ2n) is 11.0. The number of ether oxygens (including phenoxy) is 4. The molecule has 50 heavy (non-hydrogen) atoms. The number of carbonyl (C=O) groups is 4. The maximum Gasteiger partial charge on any atom is 0.338 e. The average molecular weight is 693 g/mol. The monoisotopic (exact) mass is 692 g/mol. The van der Waals surface area contributed by atoms with Gasteiger partial charge in [-0.05, 0) is 71.3 Å². The van der Waals surface area contributed by atoms with Crippen molar-refractivity contribution < 1.29 is 73.9 Å². The van der Waals surface area contributed by atoms with E-state index in [-0.39, 0.29) is 16.7 Å². The summed E-state index contributed by atoms with van der Waals surface area (Å²) in [6.07, 6.45) is 0.251. The van der Waals surface area contributed by atoms with E-state index in [1.165, 1.54) is 54.6 Å². The molecular weight excluding hydrogens is 660 g/mol.